The van der Waals surface area contributed by atoms with E-state index in [9.17, 15) is 28.8 Å². The maximum absolute atomic E-state index is 13.7. The van der Waals surface area contributed by atoms with Crippen LogP contribution in [0.1, 0.15) is 85.5 Å². The molecule has 1 fully saturated rings. The Morgan fingerprint density at radius 2 is 0.886 bits per heavy atom. The molecule has 0 unspecified atom stereocenters. The Bertz CT molecular complexity index is 966. The van der Waals surface area contributed by atoms with Crippen molar-refractivity contribution in [3.8, 4) is 0 Å². The van der Waals surface area contributed by atoms with Crippen LogP contribution >= 0.6 is 0 Å². The molecule has 1 heterocycles. The summed E-state index contributed by atoms with van der Waals surface area (Å²) in [5.74, 6) is -3.38. The lowest BCUT2D eigenvalue weighted by Gasteiger charge is -2.33. The van der Waals surface area contributed by atoms with Gasteiger partial charge in [0.05, 0.1) is 0 Å². The van der Waals surface area contributed by atoms with E-state index in [1.807, 2.05) is 0 Å². The number of carbonyl (C=O) groups excluding carboxylic acids is 6. The van der Waals surface area contributed by atoms with Gasteiger partial charge >= 0.3 is 0 Å². The second-order valence-corrected chi connectivity index (χ2v) is 11.3. The largest absolute Gasteiger partial charge is 0.343 e. The van der Waals surface area contributed by atoms with Gasteiger partial charge in [-0.3, -0.25) is 28.8 Å². The van der Waals surface area contributed by atoms with Gasteiger partial charge in [-0.2, -0.15) is 0 Å². The number of unbranched alkanes of at least 4 members (excludes halogenated alkanes) is 3. The highest BCUT2D eigenvalue weighted by Gasteiger charge is 2.35. The highest BCUT2D eigenvalue weighted by Crippen LogP contribution is 2.11. The molecule has 1 aliphatic heterocycles. The molecule has 0 aromatic heterocycles. The molecular weight excluding hydrogens is 570 g/mol. The van der Waals surface area contributed by atoms with E-state index in [4.69, 9.17) is 17.2 Å². The Morgan fingerprint density at radius 3 is 1.27 bits per heavy atom. The number of nitrogens with zero attached hydrogens (tertiary/aromatic N) is 1. The van der Waals surface area contributed by atoms with Crippen molar-refractivity contribution in [2.24, 2.45) is 17.2 Å². The first kappa shape index (κ1) is 38.7. The van der Waals surface area contributed by atoms with Gasteiger partial charge in [0.25, 0.3) is 0 Å². The molecule has 0 bridgehead atoms. The number of rotatable bonds is 13. The number of nitrogens with one attached hydrogen (secondary N) is 5. The molecule has 1 aliphatic rings. The van der Waals surface area contributed by atoms with Gasteiger partial charge in [-0.1, -0.05) is 0 Å². The van der Waals surface area contributed by atoms with E-state index in [0.717, 1.165) is 0 Å². The van der Waals surface area contributed by atoms with E-state index in [1.165, 1.54) is 18.7 Å². The molecule has 1 rings (SSSR count). The molecule has 0 aliphatic carbocycles. The van der Waals surface area contributed by atoms with Crippen LogP contribution < -0.4 is 43.8 Å². The Hall–Kier alpha value is -3.30. The van der Waals surface area contributed by atoms with Gasteiger partial charge < -0.3 is 48.7 Å². The van der Waals surface area contributed by atoms with Crippen LogP contribution in [0.4, 0.5) is 0 Å². The zero-order chi connectivity index (χ0) is 33.2. The quantitative estimate of drug-likeness (QED) is 0.106. The van der Waals surface area contributed by atoms with Crippen LogP contribution in [0.3, 0.4) is 0 Å². The zero-order valence-electron chi connectivity index (χ0n) is 26.8. The normalized spacial score (nSPS) is 26.6. The number of hydrogen-bond acceptors (Lipinski definition) is 9. The molecule has 0 saturated carbocycles. The lowest BCUT2D eigenvalue weighted by atomic mass is 10.0. The molecule has 0 aromatic carbocycles. The lowest BCUT2D eigenvalue weighted by molar-refractivity contribution is -0.144. The third-order valence-corrected chi connectivity index (χ3v) is 7.70. The standard InChI is InChI=1S/C29H55N9O6/c1-5-38-20(4)26(41)36-22(13-7-10-16-31)28(43)33-18(2)24(39)35-21(12-6-9-15-30)27(42)34-19(3)25(40)37-23(29(38)44)14-8-11-17-32/h18-23H,5-17,30-32H2,1-4H3,(H,33,43)(H,34,42)(H,35,39)(H,36,41)(H,37,40)/t18-,19-,20-,21+,22+,23+/m1/s1. The highest BCUT2D eigenvalue weighted by atomic mass is 16.2. The van der Waals surface area contributed by atoms with Crippen LogP contribution in [0.5, 0.6) is 0 Å². The van der Waals surface area contributed by atoms with Crippen molar-refractivity contribution < 1.29 is 28.8 Å². The molecule has 0 aromatic rings. The number of likely N-dealkylation sites (N-methyl/N-ethyl adjacent to an activating group) is 1. The summed E-state index contributed by atoms with van der Waals surface area (Å²) in [5, 5.41) is 13.4. The molecule has 0 radical (unpaired) electrons. The third-order valence-electron chi connectivity index (χ3n) is 7.70. The van der Waals surface area contributed by atoms with Gasteiger partial charge in [-0.15, -0.1) is 0 Å². The van der Waals surface area contributed by atoms with Crippen LogP contribution in [-0.2, 0) is 28.8 Å². The van der Waals surface area contributed by atoms with Crippen molar-refractivity contribution in [1.29, 1.82) is 0 Å². The maximum Gasteiger partial charge on any atom is 0.245 e. The van der Waals surface area contributed by atoms with E-state index in [2.05, 4.69) is 26.6 Å². The summed E-state index contributed by atoms with van der Waals surface area (Å²) in [6, 6.07) is -6.03. The first-order valence-corrected chi connectivity index (χ1v) is 15.8. The second kappa shape index (κ2) is 20.6. The molecule has 252 valence electrons. The fourth-order valence-electron chi connectivity index (χ4n) is 4.88. The van der Waals surface area contributed by atoms with Gasteiger partial charge in [0, 0.05) is 6.54 Å². The lowest BCUT2D eigenvalue weighted by Crippen LogP contribution is -2.61. The molecule has 15 heteroatoms. The van der Waals surface area contributed by atoms with Crippen molar-refractivity contribution in [2.75, 3.05) is 26.2 Å². The van der Waals surface area contributed by atoms with Crippen molar-refractivity contribution in [3.63, 3.8) is 0 Å². The van der Waals surface area contributed by atoms with Crippen LogP contribution in [0.15, 0.2) is 0 Å². The molecule has 11 N–H and O–H groups in total. The molecule has 6 atom stereocenters. The number of carbonyl (C=O) groups is 6. The maximum atomic E-state index is 13.7. The summed E-state index contributed by atoms with van der Waals surface area (Å²) in [4.78, 5) is 81.3. The van der Waals surface area contributed by atoms with Crippen molar-refractivity contribution in [2.45, 2.75) is 122 Å². The highest BCUT2D eigenvalue weighted by molar-refractivity contribution is 5.97. The molecule has 6 amide bonds. The predicted octanol–water partition coefficient (Wildman–Crippen LogP) is -1.91. The van der Waals surface area contributed by atoms with Crippen LogP contribution in [0.25, 0.3) is 0 Å². The fraction of sp³-hybridized carbons (Fsp3) is 0.793. The number of hydrogen-bond donors (Lipinski definition) is 8. The smallest absolute Gasteiger partial charge is 0.245 e. The predicted molar refractivity (Wildman–Crippen MR) is 167 cm³/mol. The molecule has 1 saturated heterocycles. The van der Waals surface area contributed by atoms with E-state index in [1.54, 1.807) is 13.8 Å². The van der Waals surface area contributed by atoms with Gasteiger partial charge in [0.15, 0.2) is 0 Å². The number of amides is 6. The molecular formula is C29H55N9O6. The SMILES string of the molecule is CCN1C(=O)[C@H](CCCCN)NC(=O)[C@@H](C)NC(=O)[C@H](CCCCN)NC(=O)[C@@H](C)NC(=O)[C@H](CCCCN)NC(=O)[C@H]1C. The summed E-state index contributed by atoms with van der Waals surface area (Å²) in [5.41, 5.74) is 16.9. The Balaban J connectivity index is 3.47. The summed E-state index contributed by atoms with van der Waals surface area (Å²) in [6.07, 6.45) is 4.26. The zero-order valence-corrected chi connectivity index (χ0v) is 26.8. The summed E-state index contributed by atoms with van der Waals surface area (Å²) >= 11 is 0. The van der Waals surface area contributed by atoms with E-state index < -0.39 is 71.7 Å². The fourth-order valence-corrected chi connectivity index (χ4v) is 4.88. The van der Waals surface area contributed by atoms with Gasteiger partial charge in [0.2, 0.25) is 35.4 Å². The minimum atomic E-state index is -1.04. The van der Waals surface area contributed by atoms with E-state index in [-0.39, 0.29) is 25.8 Å². The monoisotopic (exact) mass is 625 g/mol. The van der Waals surface area contributed by atoms with E-state index >= 15 is 0 Å². The Kier molecular flexibility index (Phi) is 18.1. The van der Waals surface area contributed by atoms with Crippen molar-refractivity contribution >= 4 is 35.4 Å². The Morgan fingerprint density at radius 1 is 0.523 bits per heavy atom. The van der Waals surface area contributed by atoms with Crippen molar-refractivity contribution in [3.05, 3.63) is 0 Å². The average Bonchev–Trinajstić information content (AvgIpc) is 2.99. The van der Waals surface area contributed by atoms with Gasteiger partial charge in [0.1, 0.15) is 36.3 Å². The summed E-state index contributed by atoms with van der Waals surface area (Å²) < 4.78 is 0. The van der Waals surface area contributed by atoms with E-state index in [0.29, 0.717) is 58.2 Å². The summed E-state index contributed by atoms with van der Waals surface area (Å²) in [6.45, 7) is 7.58. The Labute approximate surface area is 260 Å². The minimum absolute atomic E-state index is 0.161. The molecule has 44 heavy (non-hydrogen) atoms. The average molecular weight is 626 g/mol. The first-order valence-electron chi connectivity index (χ1n) is 15.8. The van der Waals surface area contributed by atoms with Crippen molar-refractivity contribution in [1.82, 2.24) is 31.5 Å². The minimum Gasteiger partial charge on any atom is -0.343 e. The topological polar surface area (TPSA) is 244 Å². The summed E-state index contributed by atoms with van der Waals surface area (Å²) in [7, 11) is 0. The van der Waals surface area contributed by atoms with Crippen LogP contribution in [0, 0.1) is 0 Å². The molecule has 0 spiro atoms. The van der Waals surface area contributed by atoms with Crippen LogP contribution in [0.2, 0.25) is 0 Å². The molecule has 15 nitrogen and oxygen atoms in total. The first-order chi connectivity index (χ1) is 20.9. The number of nitrogens with two attached hydrogens (primary N) is 3. The van der Waals surface area contributed by atoms with Gasteiger partial charge in [-0.25, -0.2) is 0 Å². The third kappa shape index (κ3) is 12.7. The second-order valence-electron chi connectivity index (χ2n) is 11.3. The van der Waals surface area contributed by atoms with Crippen LogP contribution in [-0.4, -0.2) is 103 Å². The van der Waals surface area contributed by atoms with Gasteiger partial charge in [-0.05, 0) is 105 Å².